The van der Waals surface area contributed by atoms with Gasteiger partial charge in [-0.3, -0.25) is 0 Å². The minimum Gasteiger partial charge on any atom is -0.310 e. The standard InChI is InChI=1S/C8H15N/c1-8(2)6-4-3-5-7(8)9-6/h6-7,9H,3-5H2,1-2H3. The molecule has 2 atom stereocenters. The molecule has 2 bridgehead atoms. The molecule has 2 saturated heterocycles. The van der Waals surface area contributed by atoms with Gasteiger partial charge in [0.15, 0.2) is 0 Å². The summed E-state index contributed by atoms with van der Waals surface area (Å²) >= 11 is 0. The average molecular weight is 125 g/mol. The predicted octanol–water partition coefficient (Wildman–Crippen LogP) is 1.54. The van der Waals surface area contributed by atoms with Crippen LogP contribution in [0.4, 0.5) is 0 Å². The lowest BCUT2D eigenvalue weighted by Gasteiger charge is -2.57. The van der Waals surface area contributed by atoms with E-state index in [0.717, 1.165) is 12.1 Å². The van der Waals surface area contributed by atoms with E-state index in [1.54, 1.807) is 0 Å². The molecule has 2 unspecified atom stereocenters. The van der Waals surface area contributed by atoms with E-state index in [0.29, 0.717) is 5.41 Å². The van der Waals surface area contributed by atoms with Gasteiger partial charge in [-0.1, -0.05) is 20.3 Å². The number of piperidine rings is 1. The molecule has 3 rings (SSSR count). The molecule has 1 aliphatic carbocycles. The molecule has 52 valence electrons. The van der Waals surface area contributed by atoms with Crippen molar-refractivity contribution in [3.05, 3.63) is 0 Å². The van der Waals surface area contributed by atoms with E-state index in [9.17, 15) is 0 Å². The van der Waals surface area contributed by atoms with E-state index in [-0.39, 0.29) is 0 Å². The lowest BCUT2D eigenvalue weighted by atomic mass is 9.62. The molecule has 1 saturated carbocycles. The minimum absolute atomic E-state index is 0.623. The van der Waals surface area contributed by atoms with E-state index in [4.69, 9.17) is 0 Å². The van der Waals surface area contributed by atoms with Crippen molar-refractivity contribution in [3.63, 3.8) is 0 Å². The van der Waals surface area contributed by atoms with Crippen molar-refractivity contribution >= 4 is 0 Å². The van der Waals surface area contributed by atoms with Crippen LogP contribution in [0.3, 0.4) is 0 Å². The maximum absolute atomic E-state index is 3.57. The summed E-state index contributed by atoms with van der Waals surface area (Å²) in [4.78, 5) is 0. The van der Waals surface area contributed by atoms with Crippen molar-refractivity contribution < 1.29 is 0 Å². The fourth-order valence-electron chi connectivity index (χ4n) is 2.26. The maximum atomic E-state index is 3.57. The number of nitrogens with one attached hydrogen (secondary N) is 1. The van der Waals surface area contributed by atoms with E-state index in [2.05, 4.69) is 19.2 Å². The highest BCUT2D eigenvalue weighted by atomic mass is 15.1. The molecule has 0 radical (unpaired) electrons. The van der Waals surface area contributed by atoms with E-state index in [1.165, 1.54) is 19.3 Å². The molecule has 3 aliphatic rings. The topological polar surface area (TPSA) is 12.0 Å². The van der Waals surface area contributed by atoms with Gasteiger partial charge in [-0.25, -0.2) is 0 Å². The number of hydrogen-bond acceptors (Lipinski definition) is 1. The number of fused-ring (bicyclic) bond motifs is 2. The van der Waals surface area contributed by atoms with E-state index in [1.807, 2.05) is 0 Å². The van der Waals surface area contributed by atoms with Crippen molar-refractivity contribution in [1.82, 2.24) is 5.32 Å². The second kappa shape index (κ2) is 1.51. The lowest BCUT2D eigenvalue weighted by molar-refractivity contribution is 0.00142. The highest BCUT2D eigenvalue weighted by molar-refractivity contribution is 5.07. The Kier molecular flexibility index (Phi) is 0.963. The zero-order valence-corrected chi connectivity index (χ0v) is 6.28. The first-order chi connectivity index (χ1) is 4.21. The molecular weight excluding hydrogens is 110 g/mol. The van der Waals surface area contributed by atoms with E-state index >= 15 is 0 Å². The molecule has 0 aromatic rings. The Hall–Kier alpha value is -0.0400. The zero-order chi connectivity index (χ0) is 6.48. The van der Waals surface area contributed by atoms with Crippen LogP contribution in [0.5, 0.6) is 0 Å². The van der Waals surface area contributed by atoms with Gasteiger partial charge in [-0.05, 0) is 18.3 Å². The van der Waals surface area contributed by atoms with Gasteiger partial charge in [0.1, 0.15) is 0 Å². The first-order valence-corrected chi connectivity index (χ1v) is 3.97. The van der Waals surface area contributed by atoms with Crippen molar-refractivity contribution in [2.24, 2.45) is 5.41 Å². The summed E-state index contributed by atoms with van der Waals surface area (Å²) in [6, 6.07) is 1.69. The van der Waals surface area contributed by atoms with Crippen molar-refractivity contribution in [2.75, 3.05) is 0 Å². The summed E-state index contributed by atoms with van der Waals surface area (Å²) in [5.74, 6) is 0. The van der Waals surface area contributed by atoms with Crippen LogP contribution in [0, 0.1) is 5.41 Å². The minimum atomic E-state index is 0.623. The highest BCUT2D eigenvalue weighted by Crippen LogP contribution is 2.43. The molecule has 0 spiro atoms. The Balaban J connectivity index is 2.13. The Morgan fingerprint density at radius 3 is 2.00 bits per heavy atom. The van der Waals surface area contributed by atoms with Gasteiger partial charge in [0.2, 0.25) is 0 Å². The molecule has 3 fully saturated rings. The summed E-state index contributed by atoms with van der Waals surface area (Å²) in [6.45, 7) is 4.77. The molecular formula is C8H15N. The van der Waals surface area contributed by atoms with Crippen molar-refractivity contribution in [3.8, 4) is 0 Å². The fourth-order valence-corrected chi connectivity index (χ4v) is 2.26. The van der Waals surface area contributed by atoms with Crippen LogP contribution >= 0.6 is 0 Å². The fraction of sp³-hybridized carbons (Fsp3) is 1.00. The third-order valence-electron chi connectivity index (χ3n) is 3.18. The van der Waals surface area contributed by atoms with Gasteiger partial charge < -0.3 is 5.32 Å². The largest absolute Gasteiger partial charge is 0.310 e. The Morgan fingerprint density at radius 2 is 1.78 bits per heavy atom. The summed E-state index contributed by atoms with van der Waals surface area (Å²) in [7, 11) is 0. The molecule has 1 N–H and O–H groups in total. The van der Waals surface area contributed by atoms with Crippen LogP contribution in [0.25, 0.3) is 0 Å². The first-order valence-electron chi connectivity index (χ1n) is 3.97. The maximum Gasteiger partial charge on any atom is 0.0136 e. The molecule has 0 aromatic carbocycles. The molecule has 0 amide bonds. The van der Waals surface area contributed by atoms with Gasteiger partial charge in [-0.2, -0.15) is 0 Å². The summed E-state index contributed by atoms with van der Waals surface area (Å²) in [5, 5.41) is 3.57. The molecule has 9 heavy (non-hydrogen) atoms. The van der Waals surface area contributed by atoms with Gasteiger partial charge in [0.25, 0.3) is 0 Å². The van der Waals surface area contributed by atoms with Crippen LogP contribution < -0.4 is 5.32 Å². The molecule has 2 aliphatic heterocycles. The first kappa shape index (κ1) is 5.72. The number of rotatable bonds is 0. The quantitative estimate of drug-likeness (QED) is 0.518. The second-order valence-corrected chi connectivity index (χ2v) is 4.02. The Labute approximate surface area is 56.8 Å². The summed E-state index contributed by atoms with van der Waals surface area (Å²) < 4.78 is 0. The second-order valence-electron chi connectivity index (χ2n) is 4.02. The van der Waals surface area contributed by atoms with Crippen LogP contribution in [0.1, 0.15) is 33.1 Å². The molecule has 1 nitrogen and oxygen atoms in total. The number of hydrogen-bond donors (Lipinski definition) is 1. The van der Waals surface area contributed by atoms with Crippen LogP contribution in [0.2, 0.25) is 0 Å². The van der Waals surface area contributed by atoms with Crippen molar-refractivity contribution in [1.29, 1.82) is 0 Å². The van der Waals surface area contributed by atoms with E-state index < -0.39 is 0 Å². The lowest BCUT2D eigenvalue weighted by Crippen LogP contribution is -2.69. The monoisotopic (exact) mass is 125 g/mol. The highest BCUT2D eigenvalue weighted by Gasteiger charge is 2.49. The van der Waals surface area contributed by atoms with Gasteiger partial charge in [-0.15, -0.1) is 0 Å². The van der Waals surface area contributed by atoms with Gasteiger partial charge in [0, 0.05) is 12.1 Å². The molecule has 0 aromatic heterocycles. The summed E-state index contributed by atoms with van der Waals surface area (Å²) in [6.07, 6.45) is 4.26. The third-order valence-corrected chi connectivity index (χ3v) is 3.18. The zero-order valence-electron chi connectivity index (χ0n) is 6.28. The van der Waals surface area contributed by atoms with Crippen LogP contribution in [-0.4, -0.2) is 12.1 Å². The average Bonchev–Trinajstić information content (AvgIpc) is 1.89. The normalized spacial score (nSPS) is 46.0. The summed E-state index contributed by atoms with van der Waals surface area (Å²) in [5.41, 5.74) is 0.623. The smallest absolute Gasteiger partial charge is 0.0136 e. The van der Waals surface area contributed by atoms with Gasteiger partial charge in [0.05, 0.1) is 0 Å². The van der Waals surface area contributed by atoms with Crippen molar-refractivity contribution in [2.45, 2.75) is 45.2 Å². The Morgan fingerprint density at radius 1 is 1.22 bits per heavy atom. The van der Waals surface area contributed by atoms with Crippen LogP contribution in [-0.2, 0) is 0 Å². The SMILES string of the molecule is CC1(C)C2CCCC1N2. The molecule has 1 heteroatoms. The Bertz CT molecular complexity index is 113. The third kappa shape index (κ3) is 0.586. The van der Waals surface area contributed by atoms with Crippen LogP contribution in [0.15, 0.2) is 0 Å². The van der Waals surface area contributed by atoms with Gasteiger partial charge >= 0.3 is 0 Å². The molecule has 2 heterocycles. The predicted molar refractivity (Wildman–Crippen MR) is 38.3 cm³/mol.